The lowest BCUT2D eigenvalue weighted by Crippen LogP contribution is -2.42. The van der Waals surface area contributed by atoms with Crippen LogP contribution in [0.3, 0.4) is 0 Å². The zero-order valence-electron chi connectivity index (χ0n) is 11.0. The minimum Gasteiger partial charge on any atom is -0.508 e. The number of phenols is 1. The van der Waals surface area contributed by atoms with E-state index in [0.29, 0.717) is 12.2 Å². The first-order valence-electron chi connectivity index (χ1n) is 6.15. The number of carbonyl (C=O) groups excluding carboxylic acids is 1. The molecule has 6 nitrogen and oxygen atoms in total. The van der Waals surface area contributed by atoms with E-state index in [0.717, 1.165) is 9.78 Å². The number of nitrogens with one attached hydrogen (secondary N) is 1. The first kappa shape index (κ1) is 14.9. The van der Waals surface area contributed by atoms with E-state index in [-0.39, 0.29) is 5.75 Å². The maximum atomic E-state index is 12.2. The lowest BCUT2D eigenvalue weighted by atomic mass is 10.2. The Hall–Kier alpha value is -2.54. The maximum absolute atomic E-state index is 12.2. The summed E-state index contributed by atoms with van der Waals surface area (Å²) < 4.78 is 0. The van der Waals surface area contributed by atoms with Crippen LogP contribution in [-0.2, 0) is 11.3 Å². The Morgan fingerprint density at radius 1 is 1.19 bits per heavy atom. The average molecular weight is 306 g/mol. The molecule has 2 aromatic rings. The number of carboxylic acids is 1. The van der Waals surface area contributed by atoms with Crippen molar-refractivity contribution in [2.24, 2.45) is 0 Å². The number of carbonyl (C=O) groups is 2. The van der Waals surface area contributed by atoms with Crippen LogP contribution in [0.25, 0.3) is 0 Å². The molecule has 0 saturated carbocycles. The van der Waals surface area contributed by atoms with Crippen molar-refractivity contribution in [1.82, 2.24) is 5.32 Å². The van der Waals surface area contributed by atoms with Gasteiger partial charge in [-0.2, -0.15) is 0 Å². The molecule has 1 heterocycles. The second kappa shape index (κ2) is 6.76. The minimum absolute atomic E-state index is 0.0491. The third kappa shape index (κ3) is 4.22. The van der Waals surface area contributed by atoms with Gasteiger partial charge in [0.2, 0.25) is 0 Å². The number of urea groups is 1. The van der Waals surface area contributed by atoms with Gasteiger partial charge in [0.05, 0.1) is 6.54 Å². The Morgan fingerprint density at radius 3 is 2.48 bits per heavy atom. The van der Waals surface area contributed by atoms with E-state index in [9.17, 15) is 14.7 Å². The molecule has 0 bridgehead atoms. The van der Waals surface area contributed by atoms with Crippen molar-refractivity contribution < 1.29 is 19.8 Å². The number of thiophene rings is 1. The smallest absolute Gasteiger partial charge is 0.323 e. The van der Waals surface area contributed by atoms with Crippen LogP contribution < -0.4 is 10.2 Å². The van der Waals surface area contributed by atoms with E-state index < -0.39 is 18.5 Å². The molecule has 0 aliphatic carbocycles. The molecular weight excluding hydrogens is 292 g/mol. The van der Waals surface area contributed by atoms with Gasteiger partial charge in [0.25, 0.3) is 0 Å². The summed E-state index contributed by atoms with van der Waals surface area (Å²) in [5.74, 6) is -1.07. The van der Waals surface area contributed by atoms with Gasteiger partial charge < -0.3 is 15.5 Å². The highest BCUT2D eigenvalue weighted by molar-refractivity contribution is 7.09. The lowest BCUT2D eigenvalue weighted by Gasteiger charge is -2.21. The maximum Gasteiger partial charge on any atom is 0.323 e. The predicted octanol–water partition coefficient (Wildman–Crippen LogP) is 2.25. The van der Waals surface area contributed by atoms with Crippen molar-refractivity contribution in [3.63, 3.8) is 0 Å². The van der Waals surface area contributed by atoms with Gasteiger partial charge in [0.15, 0.2) is 0 Å². The zero-order chi connectivity index (χ0) is 15.2. The number of anilines is 1. The molecule has 2 amide bonds. The Kier molecular flexibility index (Phi) is 4.78. The monoisotopic (exact) mass is 306 g/mol. The van der Waals surface area contributed by atoms with Gasteiger partial charge in [0.1, 0.15) is 12.3 Å². The number of benzene rings is 1. The summed E-state index contributed by atoms with van der Waals surface area (Å²) in [5, 5.41) is 22.8. The van der Waals surface area contributed by atoms with Gasteiger partial charge in [-0.3, -0.25) is 9.69 Å². The summed E-state index contributed by atoms with van der Waals surface area (Å²) in [6, 6.07) is 9.03. The number of aliphatic carboxylic acids is 1. The van der Waals surface area contributed by atoms with Crippen LogP contribution >= 0.6 is 11.3 Å². The SMILES string of the molecule is O=C(O)CN(C(=O)NCc1cccs1)c1ccc(O)cc1. The van der Waals surface area contributed by atoms with Crippen molar-refractivity contribution in [3.05, 3.63) is 46.7 Å². The summed E-state index contributed by atoms with van der Waals surface area (Å²) in [5.41, 5.74) is 0.402. The first-order chi connectivity index (χ1) is 10.1. The Labute approximate surface area is 125 Å². The normalized spacial score (nSPS) is 10.1. The summed E-state index contributed by atoms with van der Waals surface area (Å²) in [7, 11) is 0. The molecule has 7 heteroatoms. The van der Waals surface area contributed by atoms with Crippen LogP contribution in [-0.4, -0.2) is 28.8 Å². The van der Waals surface area contributed by atoms with E-state index in [1.54, 1.807) is 0 Å². The van der Waals surface area contributed by atoms with Crippen LogP contribution in [0.5, 0.6) is 5.75 Å². The highest BCUT2D eigenvalue weighted by Crippen LogP contribution is 2.18. The average Bonchev–Trinajstić information content (AvgIpc) is 2.96. The third-order valence-electron chi connectivity index (χ3n) is 2.69. The second-order valence-corrected chi connectivity index (χ2v) is 5.27. The fourth-order valence-corrected chi connectivity index (χ4v) is 2.36. The predicted molar refractivity (Wildman–Crippen MR) is 79.6 cm³/mol. The zero-order valence-corrected chi connectivity index (χ0v) is 11.8. The van der Waals surface area contributed by atoms with Gasteiger partial charge in [-0.15, -0.1) is 11.3 Å². The quantitative estimate of drug-likeness (QED) is 0.790. The van der Waals surface area contributed by atoms with Crippen molar-refractivity contribution in [1.29, 1.82) is 0 Å². The van der Waals surface area contributed by atoms with E-state index in [4.69, 9.17) is 5.11 Å². The number of nitrogens with zero attached hydrogens (tertiary/aromatic N) is 1. The molecule has 21 heavy (non-hydrogen) atoms. The van der Waals surface area contributed by atoms with E-state index in [2.05, 4.69) is 5.32 Å². The van der Waals surface area contributed by atoms with Crippen LogP contribution in [0.4, 0.5) is 10.5 Å². The van der Waals surface area contributed by atoms with Gasteiger partial charge in [-0.05, 0) is 35.7 Å². The number of aromatic hydroxyl groups is 1. The van der Waals surface area contributed by atoms with Gasteiger partial charge in [-0.25, -0.2) is 4.79 Å². The molecule has 0 aliphatic rings. The minimum atomic E-state index is -1.12. The first-order valence-corrected chi connectivity index (χ1v) is 7.03. The van der Waals surface area contributed by atoms with E-state index >= 15 is 0 Å². The van der Waals surface area contributed by atoms with Crippen LogP contribution in [0, 0.1) is 0 Å². The number of hydrogen-bond donors (Lipinski definition) is 3. The topological polar surface area (TPSA) is 89.9 Å². The number of carboxylic acid groups (broad SMARTS) is 1. The van der Waals surface area contributed by atoms with Crippen LogP contribution in [0.15, 0.2) is 41.8 Å². The standard InChI is InChI=1S/C14H14N2O4S/c17-11-5-3-10(4-6-11)16(9-13(18)19)14(20)15-8-12-2-1-7-21-12/h1-7,17H,8-9H2,(H,15,20)(H,18,19). The molecule has 0 spiro atoms. The summed E-state index contributed by atoms with van der Waals surface area (Å²) in [4.78, 5) is 25.2. The third-order valence-corrected chi connectivity index (χ3v) is 3.57. The summed E-state index contributed by atoms with van der Waals surface area (Å²) in [6.45, 7) is -0.119. The second-order valence-electron chi connectivity index (χ2n) is 4.23. The molecule has 110 valence electrons. The fraction of sp³-hybridized carbons (Fsp3) is 0.143. The van der Waals surface area contributed by atoms with Gasteiger partial charge in [0, 0.05) is 10.6 Å². The number of hydrogen-bond acceptors (Lipinski definition) is 4. The molecule has 0 atom stereocenters. The molecule has 0 radical (unpaired) electrons. The Morgan fingerprint density at radius 2 is 1.90 bits per heavy atom. The Bertz CT molecular complexity index is 610. The Balaban J connectivity index is 2.09. The van der Waals surface area contributed by atoms with Gasteiger partial charge in [-0.1, -0.05) is 6.07 Å². The highest BCUT2D eigenvalue weighted by atomic mass is 32.1. The van der Waals surface area contributed by atoms with Gasteiger partial charge >= 0.3 is 12.0 Å². The molecule has 1 aromatic heterocycles. The molecule has 3 N–H and O–H groups in total. The van der Waals surface area contributed by atoms with E-state index in [1.807, 2.05) is 17.5 Å². The van der Waals surface area contributed by atoms with E-state index in [1.165, 1.54) is 35.6 Å². The molecule has 1 aromatic carbocycles. The fourth-order valence-electron chi connectivity index (χ4n) is 1.72. The number of phenolic OH excluding ortho intramolecular Hbond substituents is 1. The highest BCUT2D eigenvalue weighted by Gasteiger charge is 2.18. The summed E-state index contributed by atoms with van der Waals surface area (Å²) >= 11 is 1.51. The number of amides is 2. The largest absolute Gasteiger partial charge is 0.508 e. The molecular formula is C14H14N2O4S. The van der Waals surface area contributed by atoms with Crippen LogP contribution in [0.1, 0.15) is 4.88 Å². The van der Waals surface area contributed by atoms with Crippen molar-refractivity contribution in [2.45, 2.75) is 6.54 Å². The van der Waals surface area contributed by atoms with Crippen molar-refractivity contribution in [3.8, 4) is 5.75 Å². The number of rotatable bonds is 5. The molecule has 0 saturated heterocycles. The lowest BCUT2D eigenvalue weighted by molar-refractivity contribution is -0.135. The van der Waals surface area contributed by atoms with Crippen molar-refractivity contribution >= 4 is 29.0 Å². The molecule has 0 fully saturated rings. The van der Waals surface area contributed by atoms with Crippen LogP contribution in [0.2, 0.25) is 0 Å². The molecule has 0 aliphatic heterocycles. The molecule has 0 unspecified atom stereocenters. The molecule has 2 rings (SSSR count). The summed E-state index contributed by atoms with van der Waals surface area (Å²) in [6.07, 6.45) is 0. The van der Waals surface area contributed by atoms with Crippen molar-refractivity contribution in [2.75, 3.05) is 11.4 Å².